The zero-order valence-corrected chi connectivity index (χ0v) is 13.8. The number of aliphatic carboxylic acids is 1. The van der Waals surface area contributed by atoms with E-state index in [9.17, 15) is 14.7 Å². The Kier molecular flexibility index (Phi) is 6.47. The first-order valence-electron chi connectivity index (χ1n) is 7.01. The molecule has 0 aliphatic heterocycles. The summed E-state index contributed by atoms with van der Waals surface area (Å²) < 4.78 is 1.46. The van der Waals surface area contributed by atoms with Crippen LogP contribution < -0.4 is 11.0 Å². The summed E-state index contributed by atoms with van der Waals surface area (Å²) in [4.78, 5) is 22.6. The van der Waals surface area contributed by atoms with Gasteiger partial charge in [-0.05, 0) is 33.6 Å². The highest BCUT2D eigenvalue weighted by atomic mass is 32.2. The van der Waals surface area contributed by atoms with Gasteiger partial charge in [-0.3, -0.25) is 14.7 Å². The highest BCUT2D eigenvalue weighted by Crippen LogP contribution is 2.19. The van der Waals surface area contributed by atoms with Crippen molar-refractivity contribution in [3.05, 3.63) is 10.5 Å². The monoisotopic (exact) mass is 316 g/mol. The number of unbranched alkanes of at least 4 members (excludes halogenated alkanes) is 1. The number of hydrogen-bond acceptors (Lipinski definition) is 5. The first-order valence-corrected chi connectivity index (χ1v) is 8.00. The number of carboxylic acids is 1. The molecule has 0 fully saturated rings. The Hall–Kier alpha value is -1.28. The van der Waals surface area contributed by atoms with E-state index in [0.29, 0.717) is 11.6 Å². The van der Waals surface area contributed by atoms with Crippen LogP contribution in [-0.4, -0.2) is 43.2 Å². The van der Waals surface area contributed by atoms with Crippen LogP contribution in [0.2, 0.25) is 0 Å². The van der Waals surface area contributed by atoms with Gasteiger partial charge < -0.3 is 5.11 Å². The van der Waals surface area contributed by atoms with Gasteiger partial charge in [0, 0.05) is 18.8 Å². The topological polar surface area (TPSA) is 100 Å². The molecule has 120 valence electrons. The molecule has 0 aliphatic carbocycles. The molecule has 0 aliphatic rings. The predicted molar refractivity (Wildman–Crippen MR) is 82.7 cm³/mol. The first-order chi connectivity index (χ1) is 9.76. The van der Waals surface area contributed by atoms with Gasteiger partial charge in [0.05, 0.1) is 0 Å². The van der Waals surface area contributed by atoms with E-state index in [0.717, 1.165) is 18.6 Å². The number of hydrogen-bond donors (Lipinski definition) is 3. The lowest BCUT2D eigenvalue weighted by Gasteiger charge is -2.28. The van der Waals surface area contributed by atoms with Crippen molar-refractivity contribution in [2.24, 2.45) is 7.05 Å². The lowest BCUT2D eigenvalue weighted by Crippen LogP contribution is -2.52. The molecule has 0 amide bonds. The van der Waals surface area contributed by atoms with Gasteiger partial charge in [-0.1, -0.05) is 18.2 Å². The van der Waals surface area contributed by atoms with Crippen LogP contribution in [0.1, 0.15) is 40.0 Å². The second kappa shape index (κ2) is 7.65. The third kappa shape index (κ3) is 5.20. The van der Waals surface area contributed by atoms with E-state index >= 15 is 0 Å². The molecule has 0 aromatic carbocycles. The van der Waals surface area contributed by atoms with Gasteiger partial charge in [-0.25, -0.2) is 9.89 Å². The Morgan fingerprint density at radius 1 is 1.52 bits per heavy atom. The van der Waals surface area contributed by atoms with E-state index in [-0.39, 0.29) is 11.7 Å². The van der Waals surface area contributed by atoms with E-state index in [1.807, 2.05) is 13.8 Å². The van der Waals surface area contributed by atoms with Crippen LogP contribution in [0.5, 0.6) is 0 Å². The number of nitrogens with one attached hydrogen (secondary N) is 2. The minimum absolute atomic E-state index is 0.124. The van der Waals surface area contributed by atoms with E-state index in [2.05, 4.69) is 15.5 Å². The van der Waals surface area contributed by atoms with Gasteiger partial charge in [-0.2, -0.15) is 0 Å². The summed E-state index contributed by atoms with van der Waals surface area (Å²) in [6.07, 6.45) is 2.24. The molecule has 3 N–H and O–H groups in total. The van der Waals surface area contributed by atoms with Crippen molar-refractivity contribution < 1.29 is 9.90 Å². The van der Waals surface area contributed by atoms with Crippen LogP contribution >= 0.6 is 11.8 Å². The molecule has 0 bridgehead atoms. The highest BCUT2D eigenvalue weighted by molar-refractivity contribution is 7.99. The summed E-state index contributed by atoms with van der Waals surface area (Å²) in [7, 11) is 1.67. The lowest BCUT2D eigenvalue weighted by atomic mass is 9.94. The lowest BCUT2D eigenvalue weighted by molar-refractivity contribution is -0.144. The van der Waals surface area contributed by atoms with Gasteiger partial charge in [0.2, 0.25) is 0 Å². The summed E-state index contributed by atoms with van der Waals surface area (Å²) in [5.74, 6) is -0.0197. The summed E-state index contributed by atoms with van der Waals surface area (Å²) in [5.41, 5.74) is -1.12. The fourth-order valence-electron chi connectivity index (χ4n) is 2.08. The molecule has 1 rings (SSSR count). The minimum Gasteiger partial charge on any atom is -0.480 e. The van der Waals surface area contributed by atoms with Crippen molar-refractivity contribution in [3.8, 4) is 0 Å². The smallest absolute Gasteiger partial charge is 0.343 e. The molecule has 0 saturated heterocycles. The molecule has 1 heterocycles. The van der Waals surface area contributed by atoms with Crippen LogP contribution in [0.4, 0.5) is 0 Å². The average Bonchev–Trinajstić information content (AvgIpc) is 2.69. The molecular formula is C13H24N4O3S. The number of aromatic amines is 1. The molecule has 8 heteroatoms. The Bertz CT molecular complexity index is 526. The maximum atomic E-state index is 11.4. The van der Waals surface area contributed by atoms with Crippen molar-refractivity contribution in [2.75, 3.05) is 5.75 Å². The molecule has 21 heavy (non-hydrogen) atoms. The zero-order valence-electron chi connectivity index (χ0n) is 13.0. The second-order valence-electron chi connectivity index (χ2n) is 5.61. The van der Waals surface area contributed by atoms with Crippen LogP contribution in [0.3, 0.4) is 0 Å². The normalized spacial score (nSPS) is 14.3. The average molecular weight is 316 g/mol. The van der Waals surface area contributed by atoms with Crippen molar-refractivity contribution in [2.45, 2.75) is 56.8 Å². The molecule has 1 aromatic heterocycles. The third-order valence-electron chi connectivity index (χ3n) is 3.22. The molecule has 7 nitrogen and oxygen atoms in total. The van der Waals surface area contributed by atoms with Gasteiger partial charge in [0.25, 0.3) is 0 Å². The maximum Gasteiger partial charge on any atom is 0.343 e. The van der Waals surface area contributed by atoms with Crippen LogP contribution in [-0.2, 0) is 11.8 Å². The summed E-state index contributed by atoms with van der Waals surface area (Å²) >= 11 is 1.49. The largest absolute Gasteiger partial charge is 0.480 e. The molecule has 1 aromatic rings. The number of nitrogens with zero attached hydrogens (tertiary/aromatic N) is 2. The number of thioether (sulfide) groups is 1. The van der Waals surface area contributed by atoms with Gasteiger partial charge in [-0.15, -0.1) is 5.10 Å². The van der Waals surface area contributed by atoms with Crippen molar-refractivity contribution >= 4 is 17.7 Å². The van der Waals surface area contributed by atoms with Gasteiger partial charge in [0.15, 0.2) is 5.16 Å². The number of H-pyrrole nitrogens is 1. The zero-order chi connectivity index (χ0) is 16.0. The molecule has 0 spiro atoms. The number of aromatic nitrogens is 3. The van der Waals surface area contributed by atoms with E-state index in [1.54, 1.807) is 14.0 Å². The minimum atomic E-state index is -0.891. The van der Waals surface area contributed by atoms with Gasteiger partial charge >= 0.3 is 11.7 Å². The quantitative estimate of drug-likeness (QED) is 0.468. The molecule has 0 saturated carbocycles. The summed E-state index contributed by atoms with van der Waals surface area (Å²) in [6.45, 7) is 5.60. The Morgan fingerprint density at radius 2 is 2.19 bits per heavy atom. The van der Waals surface area contributed by atoms with Crippen LogP contribution in [0, 0.1) is 0 Å². The second-order valence-corrected chi connectivity index (χ2v) is 6.67. The third-order valence-corrected chi connectivity index (χ3v) is 4.34. The number of carboxylic acid groups (broad SMARTS) is 1. The van der Waals surface area contributed by atoms with Crippen LogP contribution in [0.25, 0.3) is 0 Å². The Morgan fingerprint density at radius 3 is 2.67 bits per heavy atom. The molecule has 0 radical (unpaired) electrons. The first kappa shape index (κ1) is 17.8. The van der Waals surface area contributed by atoms with E-state index in [4.69, 9.17) is 0 Å². The Balaban J connectivity index is 2.37. The Labute approximate surface area is 128 Å². The predicted octanol–water partition coefficient (Wildman–Crippen LogP) is 1.21. The van der Waals surface area contributed by atoms with E-state index < -0.39 is 11.5 Å². The van der Waals surface area contributed by atoms with Crippen LogP contribution in [0.15, 0.2) is 9.95 Å². The SMILES string of the molecule is CC(C)NC(C)(CCCCSc1n[nH]c(=O)n1C)C(=O)O. The highest BCUT2D eigenvalue weighted by Gasteiger charge is 2.32. The fraction of sp³-hybridized carbons (Fsp3) is 0.769. The number of carbonyl (C=O) groups is 1. The molecule has 1 unspecified atom stereocenters. The van der Waals surface area contributed by atoms with E-state index in [1.165, 1.54) is 16.3 Å². The fourth-order valence-corrected chi connectivity index (χ4v) is 3.00. The standard InChI is InChI=1S/C13H24N4O3S/c1-9(2)14-13(3,10(18)19)7-5-6-8-21-12-16-15-11(20)17(12)4/h9,14H,5-8H2,1-4H3,(H,15,20)(H,18,19). The molecule has 1 atom stereocenters. The maximum absolute atomic E-state index is 11.4. The summed E-state index contributed by atoms with van der Waals surface area (Å²) in [6, 6.07) is 0.124. The van der Waals surface area contributed by atoms with Crippen molar-refractivity contribution in [3.63, 3.8) is 0 Å². The number of rotatable bonds is 9. The summed E-state index contributed by atoms with van der Waals surface area (Å²) in [5, 5.41) is 19.4. The van der Waals surface area contributed by atoms with Crippen molar-refractivity contribution in [1.82, 2.24) is 20.1 Å². The molecular weight excluding hydrogens is 292 g/mol. The van der Waals surface area contributed by atoms with Gasteiger partial charge in [0.1, 0.15) is 5.54 Å². The van der Waals surface area contributed by atoms with Crippen molar-refractivity contribution in [1.29, 1.82) is 0 Å².